The van der Waals surface area contributed by atoms with Crippen LogP contribution in [0.1, 0.15) is 10.4 Å². The molecule has 0 fully saturated rings. The minimum atomic E-state index is -1.05. The molecule has 0 aromatic heterocycles. The number of carboxylic acids is 1. The van der Waals surface area contributed by atoms with Crippen molar-refractivity contribution in [3.63, 3.8) is 0 Å². The van der Waals surface area contributed by atoms with Crippen LogP contribution in [0.5, 0.6) is 11.5 Å². The number of rotatable bonds is 8. The van der Waals surface area contributed by atoms with Crippen LogP contribution in [-0.2, 0) is 9.53 Å². The van der Waals surface area contributed by atoms with Gasteiger partial charge in [-0.2, -0.15) is 0 Å². The van der Waals surface area contributed by atoms with Gasteiger partial charge in [0.2, 0.25) is 0 Å². The Morgan fingerprint density at radius 1 is 1.29 bits per heavy atom. The Labute approximate surface area is 130 Å². The topological polar surface area (TPSA) is 94.1 Å². The van der Waals surface area contributed by atoms with Crippen molar-refractivity contribution in [1.82, 2.24) is 5.32 Å². The third-order valence-corrected chi connectivity index (χ3v) is 3.04. The molecule has 0 aliphatic carbocycles. The van der Waals surface area contributed by atoms with Gasteiger partial charge >= 0.3 is 5.97 Å². The maximum absolute atomic E-state index is 12.0. The quantitative estimate of drug-likeness (QED) is 0.677. The third-order valence-electron chi connectivity index (χ3n) is 2.45. The lowest BCUT2D eigenvalue weighted by Gasteiger charge is -2.12. The van der Waals surface area contributed by atoms with Gasteiger partial charge in [-0.05, 0) is 28.1 Å². The van der Waals surface area contributed by atoms with E-state index >= 15 is 0 Å². The monoisotopic (exact) mass is 361 g/mol. The van der Waals surface area contributed by atoms with Gasteiger partial charge in [-0.3, -0.25) is 4.79 Å². The molecule has 21 heavy (non-hydrogen) atoms. The molecule has 2 N–H and O–H groups in total. The van der Waals surface area contributed by atoms with Crippen LogP contribution in [0, 0.1) is 0 Å². The Morgan fingerprint density at radius 2 is 2.00 bits per heavy atom. The molecular formula is C13H16BrNO6. The van der Waals surface area contributed by atoms with E-state index in [1.807, 2.05) is 0 Å². The summed E-state index contributed by atoms with van der Waals surface area (Å²) in [5, 5.41) is 11.0. The zero-order valence-corrected chi connectivity index (χ0v) is 13.2. The van der Waals surface area contributed by atoms with Crippen molar-refractivity contribution < 1.29 is 28.9 Å². The first-order valence-electron chi connectivity index (χ1n) is 5.98. The van der Waals surface area contributed by atoms with Gasteiger partial charge in [0, 0.05) is 12.1 Å². The lowest BCUT2D eigenvalue weighted by molar-refractivity contribution is -0.142. The van der Waals surface area contributed by atoms with E-state index in [-0.39, 0.29) is 19.1 Å². The highest BCUT2D eigenvalue weighted by molar-refractivity contribution is 9.10. The Hall–Kier alpha value is -1.80. The lowest BCUT2D eigenvalue weighted by Crippen LogP contribution is -2.28. The number of aliphatic carboxylic acids is 1. The number of methoxy groups -OCH3 is 2. The summed E-state index contributed by atoms with van der Waals surface area (Å²) in [6.07, 6.45) is 0. The summed E-state index contributed by atoms with van der Waals surface area (Å²) in [6.45, 7) is -0.0671. The Bertz CT molecular complexity index is 520. The summed E-state index contributed by atoms with van der Waals surface area (Å²) in [6, 6.07) is 3.16. The van der Waals surface area contributed by atoms with E-state index in [1.54, 1.807) is 12.1 Å². The lowest BCUT2D eigenvalue weighted by atomic mass is 10.2. The van der Waals surface area contributed by atoms with Crippen molar-refractivity contribution in [3.8, 4) is 11.5 Å². The van der Waals surface area contributed by atoms with Crippen LogP contribution >= 0.6 is 15.9 Å². The number of carbonyl (C=O) groups excluding carboxylic acids is 1. The first-order valence-corrected chi connectivity index (χ1v) is 6.78. The first-order chi connectivity index (χ1) is 9.99. The number of amides is 1. The van der Waals surface area contributed by atoms with Crippen molar-refractivity contribution in [1.29, 1.82) is 0 Å². The second-order valence-electron chi connectivity index (χ2n) is 3.90. The molecule has 7 nitrogen and oxygen atoms in total. The molecule has 0 radical (unpaired) electrons. The number of nitrogens with one attached hydrogen (secondary N) is 1. The molecule has 0 spiro atoms. The van der Waals surface area contributed by atoms with Gasteiger partial charge in [0.15, 0.2) is 11.5 Å². The second kappa shape index (κ2) is 8.48. The number of hydrogen-bond donors (Lipinski definition) is 2. The highest BCUT2D eigenvalue weighted by Crippen LogP contribution is 2.36. The number of carbonyl (C=O) groups is 2. The molecule has 1 rings (SSSR count). The van der Waals surface area contributed by atoms with Crippen molar-refractivity contribution >= 4 is 27.8 Å². The van der Waals surface area contributed by atoms with E-state index in [0.717, 1.165) is 0 Å². The fraction of sp³-hybridized carbons (Fsp3) is 0.385. The van der Waals surface area contributed by atoms with Crippen LogP contribution in [0.15, 0.2) is 16.6 Å². The summed E-state index contributed by atoms with van der Waals surface area (Å²) in [5.74, 6) is -0.446. The summed E-state index contributed by atoms with van der Waals surface area (Å²) >= 11 is 3.30. The molecule has 0 saturated heterocycles. The maximum Gasteiger partial charge on any atom is 0.329 e. The molecule has 0 saturated carbocycles. The Kier molecular flexibility index (Phi) is 6.97. The van der Waals surface area contributed by atoms with Gasteiger partial charge in [-0.25, -0.2) is 4.79 Å². The summed E-state index contributed by atoms with van der Waals surface area (Å²) < 4.78 is 15.7. The van der Waals surface area contributed by atoms with Gasteiger partial charge in [0.25, 0.3) is 5.91 Å². The largest absolute Gasteiger partial charge is 0.493 e. The Morgan fingerprint density at radius 3 is 2.57 bits per heavy atom. The van der Waals surface area contributed by atoms with Gasteiger partial charge in [0.05, 0.1) is 25.3 Å². The summed E-state index contributed by atoms with van der Waals surface area (Å²) in [7, 11) is 2.98. The summed E-state index contributed by atoms with van der Waals surface area (Å²) in [4.78, 5) is 22.2. The standard InChI is InChI=1S/C13H16BrNO6/c1-19-10-6-8(5-9(14)12(10)20-2)13(18)15-3-4-21-7-11(16)17/h5-6H,3-4,7H2,1-2H3,(H,15,18)(H,16,17). The first kappa shape index (κ1) is 17.3. The van der Waals surface area contributed by atoms with Crippen LogP contribution in [-0.4, -0.2) is 51.0 Å². The second-order valence-corrected chi connectivity index (χ2v) is 4.75. The molecule has 0 unspecified atom stereocenters. The third kappa shape index (κ3) is 5.24. The zero-order valence-electron chi connectivity index (χ0n) is 11.6. The fourth-order valence-corrected chi connectivity index (χ4v) is 2.15. The predicted molar refractivity (Wildman–Crippen MR) is 78.0 cm³/mol. The molecule has 0 aliphatic heterocycles. The fourth-order valence-electron chi connectivity index (χ4n) is 1.55. The molecule has 8 heteroatoms. The van der Waals surface area contributed by atoms with Crippen molar-refractivity contribution in [2.75, 3.05) is 34.0 Å². The molecule has 0 heterocycles. The van der Waals surface area contributed by atoms with Crippen molar-refractivity contribution in [2.24, 2.45) is 0 Å². The smallest absolute Gasteiger partial charge is 0.329 e. The van der Waals surface area contributed by atoms with Gasteiger partial charge < -0.3 is 24.6 Å². The number of benzene rings is 1. The van der Waals surface area contributed by atoms with E-state index < -0.39 is 12.6 Å². The number of halogens is 1. The molecule has 1 aromatic carbocycles. The zero-order chi connectivity index (χ0) is 15.8. The van der Waals surface area contributed by atoms with Crippen molar-refractivity contribution in [3.05, 3.63) is 22.2 Å². The van der Waals surface area contributed by atoms with E-state index in [0.29, 0.717) is 21.5 Å². The molecular weight excluding hydrogens is 346 g/mol. The van der Waals surface area contributed by atoms with E-state index in [2.05, 4.69) is 21.2 Å². The normalized spacial score (nSPS) is 10.0. The van der Waals surface area contributed by atoms with E-state index in [1.165, 1.54) is 14.2 Å². The molecule has 0 aliphatic rings. The molecule has 116 valence electrons. The summed E-state index contributed by atoms with van der Waals surface area (Å²) in [5.41, 5.74) is 0.387. The molecule has 1 amide bonds. The van der Waals surface area contributed by atoms with Crippen LogP contribution < -0.4 is 14.8 Å². The number of ether oxygens (including phenoxy) is 3. The number of hydrogen-bond acceptors (Lipinski definition) is 5. The minimum Gasteiger partial charge on any atom is -0.493 e. The van der Waals surface area contributed by atoms with Gasteiger partial charge in [0.1, 0.15) is 6.61 Å². The average Bonchev–Trinajstić information content (AvgIpc) is 2.45. The van der Waals surface area contributed by atoms with Gasteiger partial charge in [-0.15, -0.1) is 0 Å². The van der Waals surface area contributed by atoms with Crippen LogP contribution in [0.25, 0.3) is 0 Å². The predicted octanol–water partition coefficient (Wildman–Crippen LogP) is 1.30. The number of carboxylic acid groups (broad SMARTS) is 1. The SMILES string of the molecule is COc1cc(C(=O)NCCOCC(=O)O)cc(Br)c1OC. The molecule has 1 aromatic rings. The van der Waals surface area contributed by atoms with Crippen LogP contribution in [0.2, 0.25) is 0 Å². The highest BCUT2D eigenvalue weighted by atomic mass is 79.9. The van der Waals surface area contributed by atoms with Crippen molar-refractivity contribution in [2.45, 2.75) is 0 Å². The minimum absolute atomic E-state index is 0.118. The Balaban J connectivity index is 2.62. The van der Waals surface area contributed by atoms with Crippen LogP contribution in [0.3, 0.4) is 0 Å². The van der Waals surface area contributed by atoms with E-state index in [4.69, 9.17) is 19.3 Å². The average molecular weight is 362 g/mol. The molecule has 0 bridgehead atoms. The van der Waals surface area contributed by atoms with Gasteiger partial charge in [-0.1, -0.05) is 0 Å². The highest BCUT2D eigenvalue weighted by Gasteiger charge is 2.14. The van der Waals surface area contributed by atoms with Crippen LogP contribution in [0.4, 0.5) is 0 Å². The maximum atomic E-state index is 12.0. The van der Waals surface area contributed by atoms with E-state index in [9.17, 15) is 9.59 Å². The molecule has 0 atom stereocenters.